The lowest BCUT2D eigenvalue weighted by molar-refractivity contribution is -0.116. The van der Waals surface area contributed by atoms with E-state index in [1.54, 1.807) is 21.4 Å². The van der Waals surface area contributed by atoms with E-state index in [4.69, 9.17) is 11.6 Å². The number of hydrogen-bond donors (Lipinski definition) is 1. The lowest BCUT2D eigenvalue weighted by Crippen LogP contribution is -2.29. The molecule has 0 spiro atoms. The van der Waals surface area contributed by atoms with Gasteiger partial charge in [0.25, 0.3) is 5.56 Å². The van der Waals surface area contributed by atoms with E-state index < -0.39 is 0 Å². The molecule has 3 aromatic rings. The zero-order valence-electron chi connectivity index (χ0n) is 16.6. The van der Waals surface area contributed by atoms with Gasteiger partial charge >= 0.3 is 0 Å². The molecule has 1 aliphatic heterocycles. The van der Waals surface area contributed by atoms with Gasteiger partial charge in [0.15, 0.2) is 10.8 Å². The molecule has 0 saturated carbocycles. The third-order valence-corrected chi connectivity index (χ3v) is 6.14. The normalized spacial score (nSPS) is 15.8. The van der Waals surface area contributed by atoms with E-state index in [1.807, 2.05) is 26.8 Å². The van der Waals surface area contributed by atoms with E-state index in [-0.39, 0.29) is 29.5 Å². The molecule has 10 heteroatoms. The van der Waals surface area contributed by atoms with Crippen LogP contribution in [0.25, 0.3) is 11.0 Å². The number of anilines is 1. The minimum absolute atomic E-state index is 0.0812. The van der Waals surface area contributed by atoms with Crippen molar-refractivity contribution in [3.8, 4) is 6.07 Å². The van der Waals surface area contributed by atoms with Gasteiger partial charge < -0.3 is 5.32 Å². The lowest BCUT2D eigenvalue weighted by atomic mass is 10.1. The number of carbonyl (C=O) groups is 1. The SMILES string of the molecule is CC(C)(C)n1ncc2c(=O)n3c(nc21)SCC3CC(=O)Nc1cc(Cl)ccc1C#N. The number of rotatable bonds is 3. The number of hydrogen-bond acceptors (Lipinski definition) is 6. The maximum atomic E-state index is 13.1. The molecule has 30 heavy (non-hydrogen) atoms. The van der Waals surface area contributed by atoms with Gasteiger partial charge in [0.05, 0.1) is 29.0 Å². The first-order chi connectivity index (χ1) is 14.2. The van der Waals surface area contributed by atoms with E-state index in [0.29, 0.717) is 38.2 Å². The summed E-state index contributed by atoms with van der Waals surface area (Å²) in [7, 11) is 0. The lowest BCUT2D eigenvalue weighted by Gasteiger charge is -2.20. The van der Waals surface area contributed by atoms with Crippen LogP contribution in [0.2, 0.25) is 5.02 Å². The molecule has 1 atom stereocenters. The van der Waals surface area contributed by atoms with Crippen LogP contribution in [-0.4, -0.2) is 31.0 Å². The van der Waals surface area contributed by atoms with Gasteiger partial charge in [-0.2, -0.15) is 10.4 Å². The third-order valence-electron chi connectivity index (χ3n) is 4.80. The molecule has 1 unspecified atom stereocenters. The van der Waals surface area contributed by atoms with Crippen LogP contribution in [0.4, 0.5) is 5.69 Å². The zero-order valence-corrected chi connectivity index (χ0v) is 18.2. The number of nitriles is 1. The summed E-state index contributed by atoms with van der Waals surface area (Å²) in [5.74, 6) is 0.260. The summed E-state index contributed by atoms with van der Waals surface area (Å²) < 4.78 is 3.32. The van der Waals surface area contributed by atoms with Gasteiger partial charge in [0.2, 0.25) is 5.91 Å². The van der Waals surface area contributed by atoms with Crippen molar-refractivity contribution < 1.29 is 4.79 Å². The highest BCUT2D eigenvalue weighted by molar-refractivity contribution is 7.99. The molecular formula is C20H19ClN6O2S. The average Bonchev–Trinajstić information content (AvgIpc) is 3.27. The topological polar surface area (TPSA) is 106 Å². The largest absolute Gasteiger partial charge is 0.325 e. The van der Waals surface area contributed by atoms with Crippen LogP contribution < -0.4 is 10.9 Å². The molecule has 1 aliphatic rings. The van der Waals surface area contributed by atoms with Crippen molar-refractivity contribution in [2.45, 2.75) is 43.9 Å². The molecule has 0 bridgehead atoms. The summed E-state index contributed by atoms with van der Waals surface area (Å²) in [5, 5.41) is 17.7. The van der Waals surface area contributed by atoms with Crippen LogP contribution in [-0.2, 0) is 10.3 Å². The quantitative estimate of drug-likeness (QED) is 0.622. The summed E-state index contributed by atoms with van der Waals surface area (Å²) >= 11 is 7.42. The Bertz CT molecular complexity index is 1270. The Hall–Kier alpha value is -2.83. The first-order valence-electron chi connectivity index (χ1n) is 9.32. The predicted molar refractivity (Wildman–Crippen MR) is 116 cm³/mol. The average molecular weight is 443 g/mol. The van der Waals surface area contributed by atoms with Gasteiger partial charge in [-0.25, -0.2) is 9.67 Å². The molecule has 2 aromatic heterocycles. The van der Waals surface area contributed by atoms with Crippen molar-refractivity contribution in [2.75, 3.05) is 11.1 Å². The Morgan fingerprint density at radius 2 is 2.20 bits per heavy atom. The van der Waals surface area contributed by atoms with Gasteiger partial charge in [-0.3, -0.25) is 14.2 Å². The molecule has 0 radical (unpaired) electrons. The molecule has 4 rings (SSSR count). The molecule has 1 aromatic carbocycles. The monoisotopic (exact) mass is 442 g/mol. The van der Waals surface area contributed by atoms with Crippen molar-refractivity contribution in [1.29, 1.82) is 5.26 Å². The predicted octanol–water partition coefficient (Wildman–Crippen LogP) is 3.55. The van der Waals surface area contributed by atoms with Crippen molar-refractivity contribution in [3.05, 3.63) is 45.3 Å². The van der Waals surface area contributed by atoms with E-state index in [0.717, 1.165) is 0 Å². The highest BCUT2D eigenvalue weighted by Crippen LogP contribution is 2.34. The van der Waals surface area contributed by atoms with Gasteiger partial charge in [0, 0.05) is 17.2 Å². The van der Waals surface area contributed by atoms with E-state index in [1.165, 1.54) is 24.0 Å². The number of carbonyl (C=O) groups excluding carboxylic acids is 1. The number of halogens is 1. The molecule has 3 heterocycles. The number of amides is 1. The number of aromatic nitrogens is 4. The Morgan fingerprint density at radius 1 is 1.43 bits per heavy atom. The minimum Gasteiger partial charge on any atom is -0.325 e. The van der Waals surface area contributed by atoms with Crippen LogP contribution >= 0.6 is 23.4 Å². The number of benzene rings is 1. The van der Waals surface area contributed by atoms with Crippen molar-refractivity contribution in [3.63, 3.8) is 0 Å². The van der Waals surface area contributed by atoms with Gasteiger partial charge in [0.1, 0.15) is 11.5 Å². The summed E-state index contributed by atoms with van der Waals surface area (Å²) in [6, 6.07) is 6.37. The van der Waals surface area contributed by atoms with Gasteiger partial charge in [-0.15, -0.1) is 0 Å². The Labute approximate surface area is 181 Å². The summed E-state index contributed by atoms with van der Waals surface area (Å²) in [4.78, 5) is 30.4. The summed E-state index contributed by atoms with van der Waals surface area (Å²) in [6.45, 7) is 5.99. The maximum absolute atomic E-state index is 13.1. The van der Waals surface area contributed by atoms with Crippen LogP contribution in [0.5, 0.6) is 0 Å². The highest BCUT2D eigenvalue weighted by atomic mass is 35.5. The van der Waals surface area contributed by atoms with E-state index in [9.17, 15) is 14.9 Å². The molecule has 0 fully saturated rings. The Balaban J connectivity index is 1.63. The first-order valence-corrected chi connectivity index (χ1v) is 10.7. The fraction of sp³-hybridized carbons (Fsp3) is 0.350. The van der Waals surface area contributed by atoms with Crippen LogP contribution in [0.1, 0.15) is 38.8 Å². The fourth-order valence-electron chi connectivity index (χ4n) is 3.40. The first kappa shape index (κ1) is 20.4. The second-order valence-corrected chi connectivity index (χ2v) is 9.48. The summed E-state index contributed by atoms with van der Waals surface area (Å²) in [6.07, 6.45) is 1.62. The molecule has 1 amide bonds. The van der Waals surface area contributed by atoms with Crippen molar-refractivity contribution in [1.82, 2.24) is 19.3 Å². The number of thioether (sulfide) groups is 1. The minimum atomic E-state index is -0.336. The van der Waals surface area contributed by atoms with Crippen molar-refractivity contribution >= 4 is 46.0 Å². The summed E-state index contributed by atoms with van der Waals surface area (Å²) in [5.41, 5.74) is 0.720. The third kappa shape index (κ3) is 3.57. The molecule has 0 saturated heterocycles. The molecule has 1 N–H and O–H groups in total. The van der Waals surface area contributed by atoms with Crippen LogP contribution in [0, 0.1) is 11.3 Å². The highest BCUT2D eigenvalue weighted by Gasteiger charge is 2.30. The number of nitrogens with zero attached hydrogens (tertiary/aromatic N) is 5. The van der Waals surface area contributed by atoms with E-state index >= 15 is 0 Å². The van der Waals surface area contributed by atoms with Gasteiger partial charge in [-0.1, -0.05) is 23.4 Å². The number of nitrogens with one attached hydrogen (secondary N) is 1. The molecule has 154 valence electrons. The second kappa shape index (κ2) is 7.45. The maximum Gasteiger partial charge on any atom is 0.265 e. The van der Waals surface area contributed by atoms with Crippen molar-refractivity contribution in [2.24, 2.45) is 0 Å². The molecular weight excluding hydrogens is 424 g/mol. The Kier molecular flexibility index (Phi) is 5.08. The van der Waals surface area contributed by atoms with E-state index in [2.05, 4.69) is 15.4 Å². The Morgan fingerprint density at radius 3 is 2.90 bits per heavy atom. The van der Waals surface area contributed by atoms with Crippen LogP contribution in [0.3, 0.4) is 0 Å². The molecule has 0 aliphatic carbocycles. The zero-order chi connectivity index (χ0) is 21.6. The standard InChI is InChI=1S/C20H19ClN6O2S/c1-20(2,3)27-17-14(9-23-27)18(29)26-13(10-30-19(26)25-17)7-16(28)24-15-6-12(21)5-4-11(15)8-22/h4-6,9,13H,7,10H2,1-3H3,(H,24,28). The van der Waals surface area contributed by atoms with Gasteiger partial charge in [-0.05, 0) is 39.0 Å². The second-order valence-electron chi connectivity index (χ2n) is 8.05. The fourth-order valence-corrected chi connectivity index (χ4v) is 4.71. The van der Waals surface area contributed by atoms with Crippen LogP contribution in [0.15, 0.2) is 34.3 Å². The number of fused-ring (bicyclic) bond motifs is 2. The smallest absolute Gasteiger partial charge is 0.265 e. The molecule has 8 nitrogen and oxygen atoms in total.